The minimum Gasteiger partial charge on any atom is -0.395 e. The Morgan fingerprint density at radius 1 is 1.57 bits per heavy atom. The number of aromatic nitrogens is 2. The quantitative estimate of drug-likeness (QED) is 0.394. The molecule has 0 bridgehead atoms. The number of nitrogens with zero attached hydrogens (tertiary/aromatic N) is 3. The van der Waals surface area contributed by atoms with Crippen molar-refractivity contribution in [2.75, 3.05) is 5.48 Å². The second-order valence-electron chi connectivity index (χ2n) is 1.91. The van der Waals surface area contributed by atoms with E-state index in [0.29, 0.717) is 0 Å². The summed E-state index contributed by atoms with van der Waals surface area (Å²) in [5, 5.41) is 3.17. The minimum atomic E-state index is -0.978. The summed E-state index contributed by atoms with van der Waals surface area (Å²) in [6.45, 7) is 0. The Morgan fingerprint density at radius 3 is 2.93 bits per heavy atom. The minimum absolute atomic E-state index is 0.226. The molecule has 0 aliphatic heterocycles. The SMILES string of the molecule is NC(=O)OC=NONc1ncccn1. The van der Waals surface area contributed by atoms with Gasteiger partial charge in [-0.2, -0.15) is 5.48 Å². The van der Waals surface area contributed by atoms with Crippen LogP contribution in [0.5, 0.6) is 0 Å². The summed E-state index contributed by atoms with van der Waals surface area (Å²) >= 11 is 0. The van der Waals surface area contributed by atoms with Crippen molar-refractivity contribution in [1.82, 2.24) is 9.97 Å². The summed E-state index contributed by atoms with van der Waals surface area (Å²) in [5.74, 6) is 0.226. The van der Waals surface area contributed by atoms with Gasteiger partial charge in [-0.1, -0.05) is 0 Å². The molecule has 0 aliphatic rings. The largest absolute Gasteiger partial charge is 0.410 e. The molecule has 0 saturated heterocycles. The fourth-order valence-electron chi connectivity index (χ4n) is 0.514. The number of rotatable bonds is 4. The maximum absolute atomic E-state index is 10.0. The van der Waals surface area contributed by atoms with E-state index in [1.165, 1.54) is 12.4 Å². The van der Waals surface area contributed by atoms with Gasteiger partial charge < -0.3 is 10.5 Å². The van der Waals surface area contributed by atoms with Crippen molar-refractivity contribution in [3.8, 4) is 0 Å². The topological polar surface area (TPSA) is 112 Å². The number of primary amides is 1. The molecule has 0 fully saturated rings. The van der Waals surface area contributed by atoms with Crippen LogP contribution in [0.3, 0.4) is 0 Å². The van der Waals surface area contributed by atoms with E-state index in [-0.39, 0.29) is 5.95 Å². The van der Waals surface area contributed by atoms with Gasteiger partial charge in [0.1, 0.15) is 0 Å². The number of nitrogens with one attached hydrogen (secondary N) is 1. The van der Waals surface area contributed by atoms with E-state index in [4.69, 9.17) is 0 Å². The number of carbonyl (C=O) groups excluding carboxylic acids is 1. The van der Waals surface area contributed by atoms with Crippen LogP contribution in [0, 0.1) is 0 Å². The first kappa shape index (κ1) is 9.71. The number of amides is 1. The Kier molecular flexibility index (Phi) is 3.67. The van der Waals surface area contributed by atoms with Crippen molar-refractivity contribution >= 4 is 18.4 Å². The summed E-state index contributed by atoms with van der Waals surface area (Å²) in [6, 6.07) is 1.64. The van der Waals surface area contributed by atoms with Crippen molar-refractivity contribution in [2.24, 2.45) is 10.9 Å². The Balaban J connectivity index is 2.22. The lowest BCUT2D eigenvalue weighted by molar-refractivity contribution is 0.186. The first-order chi connectivity index (χ1) is 6.79. The number of anilines is 1. The number of ether oxygens (including phenoxy) is 1. The molecular formula is C6H7N5O3. The van der Waals surface area contributed by atoms with E-state index in [2.05, 4.69) is 36.0 Å². The number of oxime groups is 1. The fourth-order valence-corrected chi connectivity index (χ4v) is 0.514. The zero-order valence-corrected chi connectivity index (χ0v) is 6.95. The third kappa shape index (κ3) is 3.85. The van der Waals surface area contributed by atoms with Crippen LogP contribution in [0.25, 0.3) is 0 Å². The first-order valence-electron chi connectivity index (χ1n) is 3.46. The van der Waals surface area contributed by atoms with Gasteiger partial charge >= 0.3 is 6.09 Å². The summed E-state index contributed by atoms with van der Waals surface area (Å²) in [4.78, 5) is 22.0. The Labute approximate surface area is 78.7 Å². The molecule has 74 valence electrons. The van der Waals surface area contributed by atoms with Gasteiger partial charge in [0.2, 0.25) is 6.40 Å². The molecule has 0 atom stereocenters. The van der Waals surface area contributed by atoms with Crippen molar-refractivity contribution in [3.05, 3.63) is 18.5 Å². The predicted molar refractivity (Wildman–Crippen MR) is 45.9 cm³/mol. The summed E-state index contributed by atoms with van der Waals surface area (Å²) < 4.78 is 4.12. The molecule has 0 spiro atoms. The van der Waals surface area contributed by atoms with Crippen LogP contribution in [-0.2, 0) is 9.68 Å². The van der Waals surface area contributed by atoms with Crippen molar-refractivity contribution < 1.29 is 14.5 Å². The van der Waals surface area contributed by atoms with E-state index in [1.807, 2.05) is 0 Å². The molecule has 0 saturated carbocycles. The molecule has 0 aromatic carbocycles. The number of hydrogen-bond acceptors (Lipinski definition) is 7. The summed E-state index contributed by atoms with van der Waals surface area (Å²) in [5.41, 5.74) is 6.90. The van der Waals surface area contributed by atoms with Gasteiger partial charge in [-0.15, -0.1) is 0 Å². The highest BCUT2D eigenvalue weighted by atomic mass is 16.8. The van der Waals surface area contributed by atoms with Gasteiger partial charge in [-0.25, -0.2) is 14.8 Å². The second kappa shape index (κ2) is 5.30. The van der Waals surface area contributed by atoms with Crippen LogP contribution in [0.15, 0.2) is 23.6 Å². The third-order valence-corrected chi connectivity index (χ3v) is 0.967. The Hall–Kier alpha value is -2.38. The highest BCUT2D eigenvalue weighted by molar-refractivity contribution is 5.74. The second-order valence-corrected chi connectivity index (χ2v) is 1.91. The average Bonchev–Trinajstić information content (AvgIpc) is 2.18. The molecule has 0 radical (unpaired) electrons. The van der Waals surface area contributed by atoms with Gasteiger partial charge in [-0.3, -0.25) is 4.94 Å². The van der Waals surface area contributed by atoms with Gasteiger partial charge in [-0.05, 0) is 11.2 Å². The highest BCUT2D eigenvalue weighted by Crippen LogP contribution is 1.92. The summed E-state index contributed by atoms with van der Waals surface area (Å²) in [6.07, 6.45) is 2.79. The maximum atomic E-state index is 10.0. The molecule has 1 aromatic rings. The van der Waals surface area contributed by atoms with E-state index in [9.17, 15) is 4.79 Å². The molecule has 0 aliphatic carbocycles. The van der Waals surface area contributed by atoms with Crippen LogP contribution in [0.1, 0.15) is 0 Å². The first-order valence-corrected chi connectivity index (χ1v) is 3.46. The highest BCUT2D eigenvalue weighted by Gasteiger charge is 1.90. The Morgan fingerprint density at radius 2 is 2.29 bits per heavy atom. The monoisotopic (exact) mass is 197 g/mol. The number of carbonyl (C=O) groups is 1. The fraction of sp³-hybridized carbons (Fsp3) is 0. The number of hydrogen-bond donors (Lipinski definition) is 2. The molecule has 8 nitrogen and oxygen atoms in total. The van der Waals surface area contributed by atoms with Crippen LogP contribution >= 0.6 is 0 Å². The van der Waals surface area contributed by atoms with Gasteiger partial charge in [0, 0.05) is 12.4 Å². The van der Waals surface area contributed by atoms with Gasteiger partial charge in [0.05, 0.1) is 0 Å². The van der Waals surface area contributed by atoms with Crippen LogP contribution in [0.4, 0.5) is 10.7 Å². The molecule has 1 aromatic heterocycles. The van der Waals surface area contributed by atoms with Crippen molar-refractivity contribution in [3.63, 3.8) is 0 Å². The molecular weight excluding hydrogens is 190 g/mol. The molecule has 1 heterocycles. The number of nitrogens with two attached hydrogens (primary N) is 1. The smallest absolute Gasteiger partial charge is 0.395 e. The molecule has 3 N–H and O–H groups in total. The molecule has 1 rings (SSSR count). The molecule has 1 amide bonds. The Bertz CT molecular complexity index is 315. The van der Waals surface area contributed by atoms with Crippen molar-refractivity contribution in [1.29, 1.82) is 0 Å². The van der Waals surface area contributed by atoms with Crippen LogP contribution < -0.4 is 11.2 Å². The molecule has 14 heavy (non-hydrogen) atoms. The van der Waals surface area contributed by atoms with E-state index in [1.54, 1.807) is 6.07 Å². The predicted octanol–water partition coefficient (Wildman–Crippen LogP) is -0.141. The standard InChI is InChI=1S/C6H7N5O3/c7-5(12)13-4-10-14-11-6-8-2-1-3-9-6/h1-4H,(H2,7,12)(H,8,9,11). The third-order valence-electron chi connectivity index (χ3n) is 0.967. The molecule has 0 unspecified atom stereocenters. The van der Waals surface area contributed by atoms with Gasteiger partial charge in [0.25, 0.3) is 5.95 Å². The normalized spacial score (nSPS) is 9.71. The average molecular weight is 197 g/mol. The lowest BCUT2D eigenvalue weighted by Gasteiger charge is -1.97. The van der Waals surface area contributed by atoms with E-state index >= 15 is 0 Å². The van der Waals surface area contributed by atoms with Crippen LogP contribution in [0.2, 0.25) is 0 Å². The van der Waals surface area contributed by atoms with Crippen molar-refractivity contribution in [2.45, 2.75) is 0 Å². The lowest BCUT2D eigenvalue weighted by Crippen LogP contribution is -2.12. The zero-order chi connectivity index (χ0) is 10.2. The van der Waals surface area contributed by atoms with Gasteiger partial charge in [0.15, 0.2) is 0 Å². The summed E-state index contributed by atoms with van der Waals surface area (Å²) in [7, 11) is 0. The lowest BCUT2D eigenvalue weighted by atomic mass is 10.7. The van der Waals surface area contributed by atoms with E-state index in [0.717, 1.165) is 6.40 Å². The molecule has 8 heteroatoms. The van der Waals surface area contributed by atoms with E-state index < -0.39 is 6.09 Å². The zero-order valence-electron chi connectivity index (χ0n) is 6.95. The maximum Gasteiger partial charge on any atom is 0.410 e. The van der Waals surface area contributed by atoms with Crippen LogP contribution in [-0.4, -0.2) is 22.5 Å².